The van der Waals surface area contributed by atoms with Gasteiger partial charge >= 0.3 is 0 Å². The molecule has 0 spiro atoms. The van der Waals surface area contributed by atoms with Crippen molar-refractivity contribution in [2.75, 3.05) is 38.7 Å². The Hall–Kier alpha value is -1.42. The van der Waals surface area contributed by atoms with Crippen LogP contribution in [0.4, 0.5) is 11.4 Å². The molecular formula is C11H19N3O. The van der Waals surface area contributed by atoms with E-state index >= 15 is 0 Å². The topological polar surface area (TPSA) is 64.5 Å². The smallest absolute Gasteiger partial charge is 0.121 e. The van der Waals surface area contributed by atoms with Gasteiger partial charge in [0.05, 0.1) is 18.0 Å². The third-order valence-corrected chi connectivity index (χ3v) is 2.08. The second-order valence-corrected chi connectivity index (χ2v) is 3.80. The number of nitrogens with two attached hydrogens (primary N) is 2. The molecule has 84 valence electrons. The van der Waals surface area contributed by atoms with Crippen molar-refractivity contribution in [2.45, 2.75) is 6.42 Å². The van der Waals surface area contributed by atoms with Crippen LogP contribution in [0.2, 0.25) is 0 Å². The molecule has 15 heavy (non-hydrogen) atoms. The van der Waals surface area contributed by atoms with E-state index in [2.05, 4.69) is 4.90 Å². The van der Waals surface area contributed by atoms with Gasteiger partial charge in [0.2, 0.25) is 0 Å². The number of anilines is 2. The van der Waals surface area contributed by atoms with Gasteiger partial charge in [0, 0.05) is 12.6 Å². The molecule has 0 atom stereocenters. The van der Waals surface area contributed by atoms with E-state index in [-0.39, 0.29) is 0 Å². The highest BCUT2D eigenvalue weighted by Gasteiger charge is 1.98. The maximum atomic E-state index is 5.66. The number of hydrogen-bond acceptors (Lipinski definition) is 4. The molecule has 4 heteroatoms. The van der Waals surface area contributed by atoms with E-state index in [1.54, 1.807) is 12.1 Å². The Morgan fingerprint density at radius 2 is 1.93 bits per heavy atom. The second kappa shape index (κ2) is 5.46. The highest BCUT2D eigenvalue weighted by atomic mass is 16.5. The number of rotatable bonds is 5. The molecule has 1 aromatic rings. The summed E-state index contributed by atoms with van der Waals surface area (Å²) in [6.45, 7) is 1.71. The van der Waals surface area contributed by atoms with Gasteiger partial charge in [-0.2, -0.15) is 0 Å². The van der Waals surface area contributed by atoms with Crippen molar-refractivity contribution < 1.29 is 4.74 Å². The van der Waals surface area contributed by atoms with E-state index in [4.69, 9.17) is 16.2 Å². The van der Waals surface area contributed by atoms with E-state index < -0.39 is 0 Å². The Kier molecular flexibility index (Phi) is 4.24. The molecule has 0 aliphatic rings. The zero-order chi connectivity index (χ0) is 11.3. The highest BCUT2D eigenvalue weighted by Crippen LogP contribution is 2.21. The Balaban J connectivity index is 2.35. The third kappa shape index (κ3) is 4.08. The fourth-order valence-electron chi connectivity index (χ4n) is 1.21. The maximum Gasteiger partial charge on any atom is 0.121 e. The minimum absolute atomic E-state index is 0.570. The van der Waals surface area contributed by atoms with E-state index in [9.17, 15) is 0 Å². The summed E-state index contributed by atoms with van der Waals surface area (Å²) in [5, 5.41) is 0. The molecular weight excluding hydrogens is 190 g/mol. The monoisotopic (exact) mass is 209 g/mol. The van der Waals surface area contributed by atoms with Crippen LogP contribution in [0.25, 0.3) is 0 Å². The average molecular weight is 209 g/mol. The van der Waals surface area contributed by atoms with Crippen LogP contribution in [0.1, 0.15) is 6.42 Å². The normalized spacial score (nSPS) is 10.6. The quantitative estimate of drug-likeness (QED) is 0.564. The van der Waals surface area contributed by atoms with Crippen LogP contribution in [0.15, 0.2) is 18.2 Å². The summed E-state index contributed by atoms with van der Waals surface area (Å²) in [6, 6.07) is 5.35. The molecule has 0 amide bonds. The van der Waals surface area contributed by atoms with E-state index in [1.165, 1.54) is 0 Å². The Bertz CT molecular complexity index is 313. The summed E-state index contributed by atoms with van der Waals surface area (Å²) in [4.78, 5) is 2.13. The van der Waals surface area contributed by atoms with Crippen molar-refractivity contribution in [2.24, 2.45) is 0 Å². The van der Waals surface area contributed by atoms with Crippen LogP contribution in [0.3, 0.4) is 0 Å². The van der Waals surface area contributed by atoms with Gasteiger partial charge in [-0.3, -0.25) is 0 Å². The maximum absolute atomic E-state index is 5.66. The van der Waals surface area contributed by atoms with Crippen LogP contribution in [0.5, 0.6) is 5.75 Å². The van der Waals surface area contributed by atoms with Crippen molar-refractivity contribution in [3.63, 3.8) is 0 Å². The molecule has 4 nitrogen and oxygen atoms in total. The molecule has 0 fully saturated rings. The van der Waals surface area contributed by atoms with Crippen molar-refractivity contribution in [1.29, 1.82) is 0 Å². The zero-order valence-electron chi connectivity index (χ0n) is 9.36. The number of nitrogens with zero attached hydrogens (tertiary/aromatic N) is 1. The predicted molar refractivity (Wildman–Crippen MR) is 63.9 cm³/mol. The van der Waals surface area contributed by atoms with Crippen LogP contribution in [-0.4, -0.2) is 32.1 Å². The van der Waals surface area contributed by atoms with Gasteiger partial charge in [-0.25, -0.2) is 0 Å². The van der Waals surface area contributed by atoms with Crippen molar-refractivity contribution in [3.8, 4) is 5.75 Å². The van der Waals surface area contributed by atoms with Gasteiger partial charge in [-0.1, -0.05) is 0 Å². The van der Waals surface area contributed by atoms with Crippen LogP contribution < -0.4 is 16.2 Å². The van der Waals surface area contributed by atoms with Gasteiger partial charge in [0.15, 0.2) is 0 Å². The van der Waals surface area contributed by atoms with Gasteiger partial charge in [-0.05, 0) is 32.6 Å². The predicted octanol–water partition coefficient (Wildman–Crippen LogP) is 1.18. The number of ether oxygens (including phenoxy) is 1. The highest BCUT2D eigenvalue weighted by molar-refractivity contribution is 5.65. The van der Waals surface area contributed by atoms with E-state index in [1.807, 2.05) is 20.2 Å². The lowest BCUT2D eigenvalue weighted by molar-refractivity contribution is 0.282. The summed E-state index contributed by atoms with van der Waals surface area (Å²) in [5.74, 6) is 0.778. The summed E-state index contributed by atoms with van der Waals surface area (Å²) in [7, 11) is 4.09. The van der Waals surface area contributed by atoms with Gasteiger partial charge in [0.25, 0.3) is 0 Å². The Morgan fingerprint density at radius 3 is 2.53 bits per heavy atom. The SMILES string of the molecule is CN(C)CCCOc1ccc(N)c(N)c1. The summed E-state index contributed by atoms with van der Waals surface area (Å²) in [6.07, 6.45) is 0.997. The molecule has 0 heterocycles. The van der Waals surface area contributed by atoms with E-state index in [0.29, 0.717) is 18.0 Å². The minimum atomic E-state index is 0.570. The van der Waals surface area contributed by atoms with Crippen LogP contribution >= 0.6 is 0 Å². The molecule has 0 aromatic heterocycles. The fourth-order valence-corrected chi connectivity index (χ4v) is 1.21. The summed E-state index contributed by atoms with van der Waals surface area (Å²) in [5.41, 5.74) is 12.4. The summed E-state index contributed by atoms with van der Waals surface area (Å²) < 4.78 is 5.53. The van der Waals surface area contributed by atoms with Crippen molar-refractivity contribution in [1.82, 2.24) is 4.90 Å². The molecule has 0 saturated carbocycles. The fraction of sp³-hybridized carbons (Fsp3) is 0.455. The molecule has 0 saturated heterocycles. The molecule has 0 aliphatic heterocycles. The molecule has 1 rings (SSSR count). The zero-order valence-corrected chi connectivity index (χ0v) is 9.36. The largest absolute Gasteiger partial charge is 0.493 e. The first-order chi connectivity index (χ1) is 7.09. The number of hydrogen-bond donors (Lipinski definition) is 2. The molecule has 0 aliphatic carbocycles. The van der Waals surface area contributed by atoms with E-state index in [0.717, 1.165) is 18.7 Å². The second-order valence-electron chi connectivity index (χ2n) is 3.80. The lowest BCUT2D eigenvalue weighted by Gasteiger charge is -2.11. The molecule has 1 aromatic carbocycles. The molecule has 0 radical (unpaired) electrons. The number of benzene rings is 1. The molecule has 4 N–H and O–H groups in total. The Morgan fingerprint density at radius 1 is 1.20 bits per heavy atom. The lowest BCUT2D eigenvalue weighted by atomic mass is 10.2. The van der Waals surface area contributed by atoms with Crippen LogP contribution in [-0.2, 0) is 0 Å². The third-order valence-electron chi connectivity index (χ3n) is 2.08. The standard InChI is InChI=1S/C11H19N3O/c1-14(2)6-3-7-15-9-4-5-10(12)11(13)8-9/h4-5,8H,3,6-7,12-13H2,1-2H3. The van der Waals surface area contributed by atoms with Gasteiger partial charge in [-0.15, -0.1) is 0 Å². The first-order valence-electron chi connectivity index (χ1n) is 5.02. The molecule has 0 bridgehead atoms. The minimum Gasteiger partial charge on any atom is -0.493 e. The van der Waals surface area contributed by atoms with Crippen molar-refractivity contribution in [3.05, 3.63) is 18.2 Å². The van der Waals surface area contributed by atoms with Gasteiger partial charge < -0.3 is 21.1 Å². The first kappa shape index (κ1) is 11.7. The average Bonchev–Trinajstić information content (AvgIpc) is 2.18. The van der Waals surface area contributed by atoms with Crippen molar-refractivity contribution >= 4 is 11.4 Å². The summed E-state index contributed by atoms with van der Waals surface area (Å²) >= 11 is 0. The molecule has 0 unspecified atom stereocenters. The Labute approximate surface area is 90.8 Å². The van der Waals surface area contributed by atoms with Crippen LogP contribution in [0, 0.1) is 0 Å². The first-order valence-corrected chi connectivity index (χ1v) is 5.02. The van der Waals surface area contributed by atoms with Gasteiger partial charge in [0.1, 0.15) is 5.75 Å². The lowest BCUT2D eigenvalue weighted by Crippen LogP contribution is -2.15. The number of nitrogen functional groups attached to an aromatic ring is 2.